The number of unbranched alkanes of at least 4 members (excludes halogenated alkanes) is 3. The lowest BCUT2D eigenvalue weighted by atomic mass is 10.3. The molecule has 2 nitrogen and oxygen atoms in total. The van der Waals surface area contributed by atoms with Crippen molar-refractivity contribution in [1.29, 1.82) is 0 Å². The minimum atomic E-state index is -0.150. The molecule has 0 N–H and O–H groups in total. The second-order valence-electron chi connectivity index (χ2n) is 4.08. The summed E-state index contributed by atoms with van der Waals surface area (Å²) in [7, 11) is 0. The van der Waals surface area contributed by atoms with Crippen molar-refractivity contribution < 1.29 is 9.47 Å². The summed E-state index contributed by atoms with van der Waals surface area (Å²) in [5.74, 6) is 0. The zero-order valence-electron chi connectivity index (χ0n) is 11.3. The predicted octanol–water partition coefficient (Wildman–Crippen LogP) is 4.68. The molecule has 0 amide bonds. The molecule has 0 spiro atoms. The highest BCUT2D eigenvalue weighted by Crippen LogP contribution is 2.04. The summed E-state index contributed by atoms with van der Waals surface area (Å²) in [5.41, 5.74) is 0. The third kappa shape index (κ3) is 12.4. The molecule has 0 atom stereocenters. The van der Waals surface area contributed by atoms with Crippen LogP contribution in [0, 0.1) is 0 Å². The molecule has 0 aromatic carbocycles. The van der Waals surface area contributed by atoms with Crippen LogP contribution in [0.25, 0.3) is 0 Å². The van der Waals surface area contributed by atoms with E-state index in [1.54, 1.807) is 0 Å². The van der Waals surface area contributed by atoms with E-state index >= 15 is 0 Å². The zero-order valence-corrected chi connectivity index (χ0v) is 12.9. The molecule has 0 fully saturated rings. The standard InChI is InChI=1S/C14H27BrO2/c1-3-5-12-16-14(17-13-6-4-2)10-8-7-9-11-15/h8,10,14H,3-7,9,11-13H2,1-2H3/b10-8-. The fourth-order valence-corrected chi connectivity index (χ4v) is 1.57. The Bertz CT molecular complexity index is 162. The van der Waals surface area contributed by atoms with E-state index in [2.05, 4.69) is 35.9 Å². The van der Waals surface area contributed by atoms with Gasteiger partial charge in [0.2, 0.25) is 0 Å². The van der Waals surface area contributed by atoms with Crippen LogP contribution in [0.3, 0.4) is 0 Å². The van der Waals surface area contributed by atoms with E-state index in [1.165, 1.54) is 0 Å². The molecule has 0 aliphatic rings. The average molecular weight is 307 g/mol. The van der Waals surface area contributed by atoms with Crippen molar-refractivity contribution in [2.75, 3.05) is 18.5 Å². The van der Waals surface area contributed by atoms with Gasteiger partial charge in [0, 0.05) is 5.33 Å². The summed E-state index contributed by atoms with van der Waals surface area (Å²) in [6.45, 7) is 5.91. The van der Waals surface area contributed by atoms with Crippen molar-refractivity contribution in [1.82, 2.24) is 0 Å². The van der Waals surface area contributed by atoms with Gasteiger partial charge in [-0.15, -0.1) is 0 Å². The van der Waals surface area contributed by atoms with Gasteiger partial charge in [-0.1, -0.05) is 48.7 Å². The van der Waals surface area contributed by atoms with Crippen LogP contribution in [0.4, 0.5) is 0 Å². The Morgan fingerprint density at radius 1 is 1.00 bits per heavy atom. The number of ether oxygens (including phenoxy) is 2. The molecule has 0 aliphatic heterocycles. The maximum Gasteiger partial charge on any atom is 0.176 e. The number of hydrogen-bond donors (Lipinski definition) is 0. The minimum Gasteiger partial charge on any atom is -0.349 e. The van der Waals surface area contributed by atoms with Gasteiger partial charge in [-0.25, -0.2) is 0 Å². The van der Waals surface area contributed by atoms with Gasteiger partial charge in [0.25, 0.3) is 0 Å². The van der Waals surface area contributed by atoms with Crippen molar-refractivity contribution in [3.05, 3.63) is 12.2 Å². The number of hydrogen-bond acceptors (Lipinski definition) is 2. The van der Waals surface area contributed by atoms with Crippen molar-refractivity contribution in [3.63, 3.8) is 0 Å². The molecule has 3 heteroatoms. The molecule has 0 saturated carbocycles. The van der Waals surface area contributed by atoms with E-state index in [9.17, 15) is 0 Å². The number of allylic oxidation sites excluding steroid dienone is 1. The maximum atomic E-state index is 5.69. The van der Waals surface area contributed by atoms with Crippen LogP contribution >= 0.6 is 15.9 Å². The molecule has 0 rings (SSSR count). The molecule has 0 aromatic heterocycles. The third-order valence-electron chi connectivity index (χ3n) is 2.36. The van der Waals surface area contributed by atoms with Crippen molar-refractivity contribution >= 4 is 15.9 Å². The predicted molar refractivity (Wildman–Crippen MR) is 77.7 cm³/mol. The summed E-state index contributed by atoms with van der Waals surface area (Å²) in [5, 5.41) is 1.05. The van der Waals surface area contributed by atoms with Crippen LogP contribution in [-0.2, 0) is 9.47 Å². The Morgan fingerprint density at radius 3 is 2.06 bits per heavy atom. The number of alkyl halides is 1. The highest BCUT2D eigenvalue weighted by atomic mass is 79.9. The Kier molecular flexibility index (Phi) is 14.3. The molecule has 0 bridgehead atoms. The molecule has 0 unspecified atom stereocenters. The number of halogens is 1. The van der Waals surface area contributed by atoms with Gasteiger partial charge in [-0.3, -0.25) is 0 Å². The van der Waals surface area contributed by atoms with Gasteiger partial charge < -0.3 is 9.47 Å². The smallest absolute Gasteiger partial charge is 0.176 e. The molecular weight excluding hydrogens is 280 g/mol. The normalized spacial score (nSPS) is 11.8. The van der Waals surface area contributed by atoms with Gasteiger partial charge in [0.1, 0.15) is 0 Å². The van der Waals surface area contributed by atoms with E-state index < -0.39 is 0 Å². The molecule has 0 aromatic rings. The molecule has 102 valence electrons. The van der Waals surface area contributed by atoms with E-state index in [0.29, 0.717) is 0 Å². The van der Waals surface area contributed by atoms with Crippen LogP contribution in [-0.4, -0.2) is 24.8 Å². The van der Waals surface area contributed by atoms with Gasteiger partial charge >= 0.3 is 0 Å². The van der Waals surface area contributed by atoms with Crippen molar-refractivity contribution in [2.45, 2.75) is 58.7 Å². The Morgan fingerprint density at radius 2 is 1.59 bits per heavy atom. The van der Waals surface area contributed by atoms with Crippen LogP contribution in [0.1, 0.15) is 52.4 Å². The summed E-state index contributed by atoms with van der Waals surface area (Å²) in [4.78, 5) is 0. The summed E-state index contributed by atoms with van der Waals surface area (Å²) in [6, 6.07) is 0. The Labute approximate surface area is 115 Å². The van der Waals surface area contributed by atoms with Gasteiger partial charge in [0.15, 0.2) is 6.29 Å². The topological polar surface area (TPSA) is 18.5 Å². The van der Waals surface area contributed by atoms with Crippen LogP contribution in [0.5, 0.6) is 0 Å². The van der Waals surface area contributed by atoms with Crippen LogP contribution < -0.4 is 0 Å². The fourth-order valence-electron chi connectivity index (χ4n) is 1.25. The van der Waals surface area contributed by atoms with E-state index in [1.807, 2.05) is 6.08 Å². The minimum absolute atomic E-state index is 0.150. The summed E-state index contributed by atoms with van der Waals surface area (Å²) in [6.07, 6.45) is 10.8. The summed E-state index contributed by atoms with van der Waals surface area (Å²) < 4.78 is 11.4. The van der Waals surface area contributed by atoms with Gasteiger partial charge in [-0.2, -0.15) is 0 Å². The molecule has 17 heavy (non-hydrogen) atoms. The van der Waals surface area contributed by atoms with E-state index in [4.69, 9.17) is 9.47 Å². The van der Waals surface area contributed by atoms with Crippen molar-refractivity contribution in [3.8, 4) is 0 Å². The second-order valence-corrected chi connectivity index (χ2v) is 4.87. The van der Waals surface area contributed by atoms with Gasteiger partial charge in [0.05, 0.1) is 13.2 Å². The molecule has 0 aliphatic carbocycles. The maximum absolute atomic E-state index is 5.69. The first-order valence-corrected chi connectivity index (χ1v) is 7.93. The first kappa shape index (κ1) is 17.1. The highest BCUT2D eigenvalue weighted by molar-refractivity contribution is 9.09. The fraction of sp³-hybridized carbons (Fsp3) is 0.857. The lowest BCUT2D eigenvalue weighted by molar-refractivity contribution is -0.112. The average Bonchev–Trinajstić information content (AvgIpc) is 2.34. The second kappa shape index (κ2) is 14.2. The molecule has 0 radical (unpaired) electrons. The first-order chi connectivity index (χ1) is 8.35. The monoisotopic (exact) mass is 306 g/mol. The van der Waals surface area contributed by atoms with Crippen LogP contribution in [0.15, 0.2) is 12.2 Å². The zero-order chi connectivity index (χ0) is 12.8. The van der Waals surface area contributed by atoms with Crippen molar-refractivity contribution in [2.24, 2.45) is 0 Å². The molecular formula is C14H27BrO2. The highest BCUT2D eigenvalue weighted by Gasteiger charge is 2.03. The largest absolute Gasteiger partial charge is 0.349 e. The Balaban J connectivity index is 3.78. The number of rotatable bonds is 12. The lowest BCUT2D eigenvalue weighted by Crippen LogP contribution is -2.16. The van der Waals surface area contributed by atoms with Gasteiger partial charge in [-0.05, 0) is 31.8 Å². The van der Waals surface area contributed by atoms with Crippen LogP contribution in [0.2, 0.25) is 0 Å². The quantitative estimate of drug-likeness (QED) is 0.226. The summed E-state index contributed by atoms with van der Waals surface area (Å²) >= 11 is 3.42. The third-order valence-corrected chi connectivity index (χ3v) is 2.92. The van der Waals surface area contributed by atoms with E-state index in [-0.39, 0.29) is 6.29 Å². The van der Waals surface area contributed by atoms with E-state index in [0.717, 1.165) is 57.1 Å². The lowest BCUT2D eigenvalue weighted by Gasteiger charge is -2.14. The first-order valence-electron chi connectivity index (χ1n) is 6.81. The Hall–Kier alpha value is 0.140. The molecule has 0 saturated heterocycles. The SMILES string of the molecule is CCCCOC(/C=C\CCCBr)OCCCC. The molecule has 0 heterocycles.